The second-order valence-corrected chi connectivity index (χ2v) is 5.90. The Labute approximate surface area is 140 Å². The second-order valence-electron chi connectivity index (χ2n) is 5.40. The van der Waals surface area contributed by atoms with Gasteiger partial charge in [0.2, 0.25) is 5.56 Å². The zero-order valence-electron chi connectivity index (χ0n) is 12.1. The van der Waals surface area contributed by atoms with E-state index in [4.69, 9.17) is 16.3 Å². The lowest BCUT2D eigenvalue weighted by atomic mass is 10.1. The van der Waals surface area contributed by atoms with Crippen LogP contribution in [0.15, 0.2) is 23.0 Å². The van der Waals surface area contributed by atoms with Gasteiger partial charge in [-0.1, -0.05) is 11.6 Å². The molecule has 1 aliphatic heterocycles. The Hall–Kier alpha value is -2.10. The predicted molar refractivity (Wildman–Crippen MR) is 78.1 cm³/mol. The minimum atomic E-state index is -4.86. The number of hydrogen-bond acceptors (Lipinski definition) is 3. The number of hydrogen-bond donors (Lipinski definition) is 1. The molecule has 3 rings (SSSR count). The fraction of sp³-hybridized carbons (Fsp3) is 0.357. The highest BCUT2D eigenvalue weighted by Crippen LogP contribution is 2.42. The summed E-state index contributed by atoms with van der Waals surface area (Å²) in [5.41, 5.74) is -3.87. The van der Waals surface area contributed by atoms with Crippen molar-refractivity contribution in [2.75, 3.05) is 18.1 Å². The SMILES string of the molecule is O=c1cc(C(F)(F)F)c2cc3c(cc2[nH]1)OCC(Cl)N3CC(F)(F)F. The van der Waals surface area contributed by atoms with E-state index in [2.05, 4.69) is 4.98 Å². The zero-order chi connectivity index (χ0) is 18.6. The monoisotopic (exact) mass is 386 g/mol. The molecule has 0 amide bonds. The highest BCUT2D eigenvalue weighted by molar-refractivity contribution is 6.22. The smallest absolute Gasteiger partial charge is 0.417 e. The molecule has 2 heterocycles. The molecule has 4 nitrogen and oxygen atoms in total. The van der Waals surface area contributed by atoms with Crippen molar-refractivity contribution < 1.29 is 31.1 Å². The van der Waals surface area contributed by atoms with E-state index >= 15 is 0 Å². The minimum absolute atomic E-state index is 0.0939. The van der Waals surface area contributed by atoms with Crippen LogP contribution in [0.4, 0.5) is 32.0 Å². The van der Waals surface area contributed by atoms with Gasteiger partial charge in [-0.05, 0) is 6.07 Å². The van der Waals surface area contributed by atoms with Gasteiger partial charge < -0.3 is 14.6 Å². The molecule has 136 valence electrons. The Bertz CT molecular complexity index is 876. The molecular formula is C14H9ClF6N2O2. The van der Waals surface area contributed by atoms with Crippen LogP contribution < -0.4 is 15.2 Å². The summed E-state index contributed by atoms with van der Waals surface area (Å²) in [5, 5.41) is -0.451. The number of fused-ring (bicyclic) bond motifs is 2. The third kappa shape index (κ3) is 3.48. The first-order valence-corrected chi connectivity index (χ1v) is 7.28. The summed E-state index contributed by atoms with van der Waals surface area (Å²) >= 11 is 5.84. The number of nitrogens with one attached hydrogen (secondary N) is 1. The minimum Gasteiger partial charge on any atom is -0.488 e. The lowest BCUT2D eigenvalue weighted by molar-refractivity contribution is -0.136. The normalized spacial score (nSPS) is 18.2. The topological polar surface area (TPSA) is 45.3 Å². The molecule has 1 atom stereocenters. The number of pyridine rings is 1. The van der Waals surface area contributed by atoms with Crippen molar-refractivity contribution in [3.05, 3.63) is 34.1 Å². The number of H-pyrrole nitrogens is 1. The third-order valence-electron chi connectivity index (χ3n) is 3.60. The first kappa shape index (κ1) is 17.7. The largest absolute Gasteiger partial charge is 0.488 e. The molecule has 0 bridgehead atoms. The Kier molecular flexibility index (Phi) is 4.05. The fourth-order valence-electron chi connectivity index (χ4n) is 2.62. The van der Waals surface area contributed by atoms with Crippen LogP contribution in [0.2, 0.25) is 0 Å². The molecule has 1 aromatic carbocycles. The number of aromatic amines is 1. The van der Waals surface area contributed by atoms with E-state index < -0.39 is 40.9 Å². The Morgan fingerprint density at radius 1 is 1.20 bits per heavy atom. The molecule has 0 fully saturated rings. The van der Waals surface area contributed by atoms with Crippen LogP contribution in [0.25, 0.3) is 10.9 Å². The van der Waals surface area contributed by atoms with Crippen molar-refractivity contribution in [1.29, 1.82) is 0 Å². The van der Waals surface area contributed by atoms with E-state index in [1.165, 1.54) is 0 Å². The van der Waals surface area contributed by atoms with Crippen molar-refractivity contribution in [3.63, 3.8) is 0 Å². The van der Waals surface area contributed by atoms with Gasteiger partial charge in [-0.2, -0.15) is 26.3 Å². The molecule has 0 saturated carbocycles. The average Bonchev–Trinajstić information content (AvgIpc) is 2.46. The standard InChI is InChI=1S/C14H9ClF6N2O2/c15-11-4-25-10-3-8-6(1-9(10)23(11)5-13(16,17)18)7(14(19,20)21)2-12(24)22-8/h1-3,11H,4-5H2,(H,22,24). The van der Waals surface area contributed by atoms with Crippen molar-refractivity contribution >= 4 is 28.2 Å². The fourth-order valence-corrected chi connectivity index (χ4v) is 2.86. The number of anilines is 1. The number of aromatic nitrogens is 1. The van der Waals surface area contributed by atoms with Crippen molar-refractivity contribution in [3.8, 4) is 5.75 Å². The molecule has 1 N–H and O–H groups in total. The summed E-state index contributed by atoms with van der Waals surface area (Å²) in [6, 6.07) is 2.31. The van der Waals surface area contributed by atoms with Gasteiger partial charge in [-0.3, -0.25) is 4.79 Å². The number of rotatable bonds is 1. The molecule has 1 aromatic heterocycles. The lowest BCUT2D eigenvalue weighted by Crippen LogP contribution is -2.44. The number of nitrogens with zero attached hydrogens (tertiary/aromatic N) is 1. The van der Waals surface area contributed by atoms with Crippen LogP contribution in [0.3, 0.4) is 0 Å². The highest BCUT2D eigenvalue weighted by atomic mass is 35.5. The van der Waals surface area contributed by atoms with Gasteiger partial charge in [0.15, 0.2) is 0 Å². The van der Waals surface area contributed by atoms with Gasteiger partial charge in [0, 0.05) is 17.5 Å². The number of benzene rings is 1. The first-order chi connectivity index (χ1) is 11.5. The Morgan fingerprint density at radius 3 is 2.48 bits per heavy atom. The number of halogens is 7. The predicted octanol–water partition coefficient (Wildman–Crippen LogP) is 3.87. The molecule has 11 heteroatoms. The number of alkyl halides is 7. The Balaban J connectivity index is 2.25. The summed E-state index contributed by atoms with van der Waals surface area (Å²) in [4.78, 5) is 14.4. The van der Waals surface area contributed by atoms with Gasteiger partial charge in [0.05, 0.1) is 16.8 Å². The highest BCUT2D eigenvalue weighted by Gasteiger charge is 2.38. The summed E-state index contributed by atoms with van der Waals surface area (Å²) < 4.78 is 83.0. The maximum Gasteiger partial charge on any atom is 0.417 e. The van der Waals surface area contributed by atoms with Crippen LogP contribution in [-0.2, 0) is 6.18 Å². The molecule has 0 aliphatic carbocycles. The van der Waals surface area contributed by atoms with Gasteiger partial charge in [-0.25, -0.2) is 0 Å². The van der Waals surface area contributed by atoms with Crippen molar-refractivity contribution in [2.45, 2.75) is 17.9 Å². The van der Waals surface area contributed by atoms with E-state index in [1.807, 2.05) is 0 Å². The summed E-state index contributed by atoms with van der Waals surface area (Å²) in [6.45, 7) is -1.74. The first-order valence-electron chi connectivity index (χ1n) is 6.84. The van der Waals surface area contributed by atoms with E-state index in [0.29, 0.717) is 11.0 Å². The van der Waals surface area contributed by atoms with E-state index in [0.717, 1.165) is 12.1 Å². The molecule has 2 aromatic rings. The maximum atomic E-state index is 13.2. The molecule has 0 spiro atoms. The quantitative estimate of drug-likeness (QED) is 0.460. The summed E-state index contributed by atoms with van der Waals surface area (Å²) in [6.07, 6.45) is -9.47. The third-order valence-corrected chi connectivity index (χ3v) is 3.96. The molecule has 1 unspecified atom stereocenters. The Morgan fingerprint density at radius 2 is 1.88 bits per heavy atom. The molecule has 1 aliphatic rings. The summed E-state index contributed by atoms with van der Waals surface area (Å²) in [7, 11) is 0. The van der Waals surface area contributed by atoms with Crippen LogP contribution in [0, 0.1) is 0 Å². The van der Waals surface area contributed by atoms with Crippen LogP contribution in [0.1, 0.15) is 5.56 Å². The van der Waals surface area contributed by atoms with Crippen molar-refractivity contribution in [2.24, 2.45) is 0 Å². The molecule has 0 saturated heterocycles. The van der Waals surface area contributed by atoms with Crippen LogP contribution in [-0.4, -0.2) is 29.8 Å². The summed E-state index contributed by atoms with van der Waals surface area (Å²) in [5.74, 6) is -0.0939. The van der Waals surface area contributed by atoms with Gasteiger partial charge in [0.25, 0.3) is 0 Å². The average molecular weight is 387 g/mol. The molecule has 25 heavy (non-hydrogen) atoms. The maximum absolute atomic E-state index is 13.2. The van der Waals surface area contributed by atoms with E-state index in [-0.39, 0.29) is 23.6 Å². The van der Waals surface area contributed by atoms with Gasteiger partial charge in [-0.15, -0.1) is 0 Å². The second kappa shape index (κ2) is 5.72. The number of ether oxygens (including phenoxy) is 1. The molecule has 0 radical (unpaired) electrons. The zero-order valence-corrected chi connectivity index (χ0v) is 12.9. The van der Waals surface area contributed by atoms with Gasteiger partial charge in [0.1, 0.15) is 24.4 Å². The van der Waals surface area contributed by atoms with E-state index in [1.54, 1.807) is 0 Å². The van der Waals surface area contributed by atoms with Crippen LogP contribution in [0.5, 0.6) is 5.75 Å². The van der Waals surface area contributed by atoms with E-state index in [9.17, 15) is 31.1 Å². The van der Waals surface area contributed by atoms with Crippen LogP contribution >= 0.6 is 11.6 Å². The van der Waals surface area contributed by atoms with Crippen molar-refractivity contribution in [1.82, 2.24) is 4.98 Å². The lowest BCUT2D eigenvalue weighted by Gasteiger charge is -2.36. The molecular weight excluding hydrogens is 378 g/mol. The van der Waals surface area contributed by atoms with Gasteiger partial charge >= 0.3 is 12.4 Å².